The molecule has 3 heterocycles. The number of aliphatic hydroxyl groups is 1. The van der Waals surface area contributed by atoms with Gasteiger partial charge in [0.1, 0.15) is 11.3 Å². The Bertz CT molecular complexity index is 1570. The lowest BCUT2D eigenvalue weighted by Gasteiger charge is -2.15. The third kappa shape index (κ3) is 5.17. The van der Waals surface area contributed by atoms with E-state index in [1.165, 1.54) is 36.4 Å². The van der Waals surface area contributed by atoms with E-state index in [2.05, 4.69) is 20.6 Å². The van der Waals surface area contributed by atoms with Gasteiger partial charge >= 0.3 is 6.18 Å². The maximum Gasteiger partial charge on any atom is 0.422 e. The van der Waals surface area contributed by atoms with Crippen molar-refractivity contribution >= 4 is 15.7 Å². The first-order chi connectivity index (χ1) is 18.0. The summed E-state index contributed by atoms with van der Waals surface area (Å²) < 4.78 is 74.9. The second kappa shape index (κ2) is 9.68. The fraction of sp³-hybridized carbons (Fsp3) is 0.250. The highest BCUT2D eigenvalue weighted by atomic mass is 32.2. The standard InChI is InChI=1S/C24H19F3N4O6S/c25-24(26,27)17-18(13-4-2-1-3-5-13)30-36-20(17)23-29-21(31-37-23)15-8-6-14(7-9-15)19(32)22(33)28-16-10-11-38(34,35)12-16/h1-9,16,19,32H,10-12H2,(H,28,33). The molecule has 2 atom stereocenters. The molecule has 0 radical (unpaired) electrons. The lowest BCUT2D eigenvalue weighted by atomic mass is 10.1. The Kier molecular flexibility index (Phi) is 6.53. The van der Waals surface area contributed by atoms with Crippen LogP contribution in [0.25, 0.3) is 34.3 Å². The van der Waals surface area contributed by atoms with Gasteiger partial charge in [-0.05, 0) is 12.0 Å². The number of hydrogen-bond acceptors (Lipinski definition) is 9. The third-order valence-corrected chi connectivity index (χ3v) is 7.72. The fourth-order valence-corrected chi connectivity index (χ4v) is 5.75. The van der Waals surface area contributed by atoms with Crippen molar-refractivity contribution < 1.29 is 40.5 Å². The van der Waals surface area contributed by atoms with Crippen LogP contribution in [-0.4, -0.2) is 52.3 Å². The van der Waals surface area contributed by atoms with E-state index >= 15 is 0 Å². The maximum atomic E-state index is 13.9. The lowest BCUT2D eigenvalue weighted by molar-refractivity contribution is -0.137. The Balaban J connectivity index is 1.35. The molecule has 0 saturated carbocycles. The molecule has 5 rings (SSSR count). The molecule has 14 heteroatoms. The van der Waals surface area contributed by atoms with E-state index in [1.54, 1.807) is 18.2 Å². The highest BCUT2D eigenvalue weighted by Gasteiger charge is 2.43. The van der Waals surface area contributed by atoms with Crippen LogP contribution >= 0.6 is 0 Å². The number of hydrogen-bond donors (Lipinski definition) is 2. The van der Waals surface area contributed by atoms with Gasteiger partial charge in [-0.3, -0.25) is 4.79 Å². The predicted molar refractivity (Wildman–Crippen MR) is 126 cm³/mol. The highest BCUT2D eigenvalue weighted by Crippen LogP contribution is 2.43. The molecular formula is C24H19F3N4O6S. The van der Waals surface area contributed by atoms with Crippen LogP contribution in [-0.2, 0) is 20.8 Å². The number of aromatic nitrogens is 3. The van der Waals surface area contributed by atoms with Crippen molar-refractivity contribution in [3.63, 3.8) is 0 Å². The Hall–Kier alpha value is -4.04. The summed E-state index contributed by atoms with van der Waals surface area (Å²) in [5.74, 6) is -2.28. The largest absolute Gasteiger partial charge is 0.422 e. The van der Waals surface area contributed by atoms with Crippen molar-refractivity contribution in [2.24, 2.45) is 0 Å². The van der Waals surface area contributed by atoms with Crippen molar-refractivity contribution in [2.75, 3.05) is 11.5 Å². The summed E-state index contributed by atoms with van der Waals surface area (Å²) >= 11 is 0. The molecular weight excluding hydrogens is 529 g/mol. The Morgan fingerprint density at radius 1 is 1.03 bits per heavy atom. The van der Waals surface area contributed by atoms with Gasteiger partial charge in [-0.15, -0.1) is 0 Å². The topological polar surface area (TPSA) is 148 Å². The van der Waals surface area contributed by atoms with Crippen LogP contribution in [0.3, 0.4) is 0 Å². The van der Waals surface area contributed by atoms with Gasteiger partial charge in [-0.1, -0.05) is 64.9 Å². The number of benzene rings is 2. The Morgan fingerprint density at radius 3 is 2.37 bits per heavy atom. The second-order valence-electron chi connectivity index (χ2n) is 8.66. The van der Waals surface area contributed by atoms with Crippen LogP contribution in [0.2, 0.25) is 0 Å². The van der Waals surface area contributed by atoms with Gasteiger partial charge in [-0.25, -0.2) is 8.42 Å². The molecule has 10 nitrogen and oxygen atoms in total. The number of aliphatic hydroxyl groups excluding tert-OH is 1. The lowest BCUT2D eigenvalue weighted by Crippen LogP contribution is -2.38. The number of amides is 1. The number of halogens is 3. The number of nitrogens with one attached hydrogen (secondary N) is 1. The average Bonchev–Trinajstić information content (AvgIpc) is 3.62. The summed E-state index contributed by atoms with van der Waals surface area (Å²) in [5, 5.41) is 20.2. The fourth-order valence-electron chi connectivity index (χ4n) is 4.08. The zero-order valence-corrected chi connectivity index (χ0v) is 20.2. The van der Waals surface area contributed by atoms with Crippen LogP contribution in [0.5, 0.6) is 0 Å². The molecule has 2 N–H and O–H groups in total. The number of sulfone groups is 1. The number of carbonyl (C=O) groups is 1. The summed E-state index contributed by atoms with van der Waals surface area (Å²) in [4.78, 5) is 16.4. The monoisotopic (exact) mass is 548 g/mol. The molecule has 1 amide bonds. The van der Waals surface area contributed by atoms with Gasteiger partial charge in [0.15, 0.2) is 15.9 Å². The van der Waals surface area contributed by atoms with Crippen LogP contribution < -0.4 is 5.32 Å². The van der Waals surface area contributed by atoms with Crippen LogP contribution in [0.4, 0.5) is 13.2 Å². The highest BCUT2D eigenvalue weighted by molar-refractivity contribution is 7.91. The third-order valence-electron chi connectivity index (χ3n) is 5.95. The first kappa shape index (κ1) is 25.6. The molecule has 2 aromatic carbocycles. The molecule has 0 aliphatic carbocycles. The maximum absolute atomic E-state index is 13.9. The molecule has 4 aromatic rings. The summed E-state index contributed by atoms with van der Waals surface area (Å²) in [6.45, 7) is 0. The molecule has 198 valence electrons. The van der Waals surface area contributed by atoms with Crippen LogP contribution in [0, 0.1) is 0 Å². The minimum absolute atomic E-state index is 0.0263. The van der Waals surface area contributed by atoms with E-state index in [4.69, 9.17) is 9.05 Å². The molecule has 1 aliphatic heterocycles. The van der Waals surface area contributed by atoms with E-state index in [1.807, 2.05) is 0 Å². The van der Waals surface area contributed by atoms with E-state index in [0.717, 1.165) is 0 Å². The number of carbonyl (C=O) groups excluding carboxylic acids is 1. The van der Waals surface area contributed by atoms with Gasteiger partial charge < -0.3 is 19.5 Å². The SMILES string of the molecule is O=C(NC1CCS(=O)(=O)C1)C(O)c1ccc(-c2noc(-c3onc(-c4ccccc4)c3C(F)(F)F)n2)cc1. The Labute approximate surface area is 213 Å². The van der Waals surface area contributed by atoms with Gasteiger partial charge in [0.05, 0.1) is 11.5 Å². The first-order valence-corrected chi connectivity index (χ1v) is 13.1. The van der Waals surface area contributed by atoms with Gasteiger partial charge in [0.2, 0.25) is 11.6 Å². The first-order valence-electron chi connectivity index (χ1n) is 11.3. The molecule has 1 saturated heterocycles. The predicted octanol–water partition coefficient (Wildman–Crippen LogP) is 3.41. The summed E-state index contributed by atoms with van der Waals surface area (Å²) in [5.41, 5.74) is -0.840. The Morgan fingerprint density at radius 2 is 1.74 bits per heavy atom. The van der Waals surface area contributed by atoms with Gasteiger partial charge in [-0.2, -0.15) is 18.2 Å². The van der Waals surface area contributed by atoms with Crippen molar-refractivity contribution in [3.05, 3.63) is 65.7 Å². The molecule has 1 fully saturated rings. The van der Waals surface area contributed by atoms with Crippen molar-refractivity contribution in [1.29, 1.82) is 0 Å². The number of nitrogens with zero attached hydrogens (tertiary/aromatic N) is 3. The summed E-state index contributed by atoms with van der Waals surface area (Å²) in [6, 6.07) is 12.8. The minimum Gasteiger partial charge on any atom is -0.378 e. The molecule has 0 spiro atoms. The number of alkyl halides is 3. The molecule has 2 unspecified atom stereocenters. The van der Waals surface area contributed by atoms with Gasteiger partial charge in [0.25, 0.3) is 11.8 Å². The van der Waals surface area contributed by atoms with Crippen molar-refractivity contribution in [3.8, 4) is 34.3 Å². The smallest absolute Gasteiger partial charge is 0.378 e. The summed E-state index contributed by atoms with van der Waals surface area (Å²) in [6.07, 6.45) is -6.11. The quantitative estimate of drug-likeness (QED) is 0.370. The van der Waals surface area contributed by atoms with Gasteiger partial charge in [0, 0.05) is 17.2 Å². The van der Waals surface area contributed by atoms with Crippen LogP contribution in [0.1, 0.15) is 23.7 Å². The second-order valence-corrected chi connectivity index (χ2v) is 10.9. The average molecular weight is 548 g/mol. The molecule has 2 aromatic heterocycles. The van der Waals surface area contributed by atoms with E-state index in [-0.39, 0.29) is 34.9 Å². The van der Waals surface area contributed by atoms with Crippen molar-refractivity contribution in [1.82, 2.24) is 20.6 Å². The minimum atomic E-state index is -4.82. The van der Waals surface area contributed by atoms with E-state index in [9.17, 15) is 31.5 Å². The van der Waals surface area contributed by atoms with E-state index < -0.39 is 57.0 Å². The molecule has 1 aliphatic rings. The zero-order valence-electron chi connectivity index (χ0n) is 19.3. The van der Waals surface area contributed by atoms with Crippen molar-refractivity contribution in [2.45, 2.75) is 24.7 Å². The normalized spacial score (nSPS) is 17.8. The van der Waals surface area contributed by atoms with E-state index in [0.29, 0.717) is 5.56 Å². The molecule has 0 bridgehead atoms. The molecule has 38 heavy (non-hydrogen) atoms. The summed E-state index contributed by atoms with van der Waals surface area (Å²) in [7, 11) is -3.20. The zero-order chi connectivity index (χ0) is 27.1. The van der Waals surface area contributed by atoms with Crippen LogP contribution in [0.15, 0.2) is 63.6 Å². The number of rotatable bonds is 6.